The third kappa shape index (κ3) is 3.83. The second kappa shape index (κ2) is 6.44. The summed E-state index contributed by atoms with van der Waals surface area (Å²) in [7, 11) is 0. The Labute approximate surface area is 133 Å². The summed E-state index contributed by atoms with van der Waals surface area (Å²) >= 11 is 3.29. The smallest absolute Gasteiger partial charge is 0.256 e. The van der Waals surface area contributed by atoms with Gasteiger partial charge in [-0.25, -0.2) is 4.39 Å². The summed E-state index contributed by atoms with van der Waals surface area (Å²) in [6, 6.07) is 5.01. The van der Waals surface area contributed by atoms with E-state index in [4.69, 9.17) is 0 Å². The highest BCUT2D eigenvalue weighted by Gasteiger charge is 2.27. The predicted molar refractivity (Wildman–Crippen MR) is 83.8 cm³/mol. The minimum absolute atomic E-state index is 0.161. The number of nitrogens with one attached hydrogen (secondary N) is 1. The summed E-state index contributed by atoms with van der Waals surface area (Å²) in [5.41, 5.74) is 0.161. The molecule has 3 rings (SSSR count). The van der Waals surface area contributed by atoms with Crippen molar-refractivity contribution in [2.45, 2.75) is 31.7 Å². The van der Waals surface area contributed by atoms with Crippen molar-refractivity contribution in [1.29, 1.82) is 0 Å². The molecule has 0 radical (unpaired) electrons. The zero-order valence-electron chi connectivity index (χ0n) is 11.9. The first kappa shape index (κ1) is 15.0. The Morgan fingerprint density at radius 2 is 2.00 bits per heavy atom. The maximum atomic E-state index is 13.8. The lowest BCUT2D eigenvalue weighted by atomic mass is 10.0. The van der Waals surface area contributed by atoms with E-state index in [0.717, 1.165) is 29.8 Å². The predicted octanol–water partition coefficient (Wildman–Crippen LogP) is 3.19. The Bertz CT molecular complexity index is 525. The first-order valence-corrected chi connectivity index (χ1v) is 8.40. The highest BCUT2D eigenvalue weighted by Crippen LogP contribution is 2.28. The highest BCUT2D eigenvalue weighted by molar-refractivity contribution is 9.10. The maximum Gasteiger partial charge on any atom is 0.256 e. The molecule has 2 aliphatic rings. The molecular weight excluding hydrogens is 335 g/mol. The molecule has 1 heterocycles. The fraction of sp³-hybridized carbons (Fsp3) is 0.562. The zero-order chi connectivity index (χ0) is 14.8. The number of carbonyl (C=O) groups is 1. The second-order valence-electron chi connectivity index (χ2n) is 6.04. The van der Waals surface area contributed by atoms with Gasteiger partial charge in [0.15, 0.2) is 0 Å². The van der Waals surface area contributed by atoms with Gasteiger partial charge < -0.3 is 10.2 Å². The monoisotopic (exact) mass is 354 g/mol. The van der Waals surface area contributed by atoms with Crippen LogP contribution in [0.2, 0.25) is 0 Å². The van der Waals surface area contributed by atoms with E-state index in [1.54, 1.807) is 17.0 Å². The summed E-state index contributed by atoms with van der Waals surface area (Å²) in [5.74, 6) is 0.229. The summed E-state index contributed by atoms with van der Waals surface area (Å²) in [6.45, 7) is 2.51. The molecule has 1 saturated carbocycles. The zero-order valence-corrected chi connectivity index (χ0v) is 13.5. The molecule has 1 N–H and O–H groups in total. The van der Waals surface area contributed by atoms with Crippen molar-refractivity contribution < 1.29 is 9.18 Å². The van der Waals surface area contributed by atoms with Gasteiger partial charge in [0.25, 0.3) is 5.91 Å². The molecule has 1 aromatic rings. The molecule has 114 valence electrons. The first-order valence-electron chi connectivity index (χ1n) is 7.61. The molecule has 1 aliphatic heterocycles. The van der Waals surface area contributed by atoms with E-state index in [0.29, 0.717) is 19.1 Å². The van der Waals surface area contributed by atoms with Crippen LogP contribution in [0.1, 0.15) is 36.0 Å². The van der Waals surface area contributed by atoms with E-state index in [9.17, 15) is 9.18 Å². The Morgan fingerprint density at radius 3 is 2.67 bits per heavy atom. The lowest BCUT2D eigenvalue weighted by Crippen LogP contribution is -2.45. The molecular formula is C16H20BrFN2O. The van der Waals surface area contributed by atoms with Crippen LogP contribution in [0.3, 0.4) is 0 Å². The number of piperidine rings is 1. The third-order valence-corrected chi connectivity index (χ3v) is 4.83. The number of rotatable bonds is 4. The van der Waals surface area contributed by atoms with Gasteiger partial charge in [0.05, 0.1) is 5.56 Å². The van der Waals surface area contributed by atoms with Crippen molar-refractivity contribution in [2.24, 2.45) is 5.92 Å². The van der Waals surface area contributed by atoms with Gasteiger partial charge in [-0.2, -0.15) is 0 Å². The van der Waals surface area contributed by atoms with Crippen molar-refractivity contribution >= 4 is 21.8 Å². The van der Waals surface area contributed by atoms with Gasteiger partial charge in [0.1, 0.15) is 5.82 Å². The molecule has 1 aliphatic carbocycles. The van der Waals surface area contributed by atoms with Crippen LogP contribution in [0.5, 0.6) is 0 Å². The normalized spacial score (nSPS) is 19.8. The van der Waals surface area contributed by atoms with E-state index >= 15 is 0 Å². The quantitative estimate of drug-likeness (QED) is 0.900. The minimum Gasteiger partial charge on any atom is -0.338 e. The number of hydrogen-bond acceptors (Lipinski definition) is 2. The number of benzene rings is 1. The second-order valence-corrected chi connectivity index (χ2v) is 6.96. The number of halogens is 2. The van der Waals surface area contributed by atoms with Gasteiger partial charge in [0.2, 0.25) is 0 Å². The summed E-state index contributed by atoms with van der Waals surface area (Å²) in [5, 5.41) is 3.58. The van der Waals surface area contributed by atoms with Crippen molar-refractivity contribution in [3.63, 3.8) is 0 Å². The lowest BCUT2D eigenvalue weighted by Gasteiger charge is -2.32. The molecule has 21 heavy (non-hydrogen) atoms. The molecule has 2 fully saturated rings. The molecule has 1 amide bonds. The molecule has 1 saturated heterocycles. The molecule has 0 bridgehead atoms. The minimum atomic E-state index is -0.447. The van der Waals surface area contributed by atoms with Crippen molar-refractivity contribution in [3.05, 3.63) is 34.1 Å². The maximum absolute atomic E-state index is 13.8. The molecule has 0 aromatic heterocycles. The topological polar surface area (TPSA) is 32.3 Å². The summed E-state index contributed by atoms with van der Waals surface area (Å²) in [6.07, 6.45) is 4.61. The van der Waals surface area contributed by atoms with E-state index in [2.05, 4.69) is 21.2 Å². The fourth-order valence-electron chi connectivity index (χ4n) is 2.77. The molecule has 5 heteroatoms. The van der Waals surface area contributed by atoms with Crippen LogP contribution in [-0.4, -0.2) is 36.5 Å². The first-order chi connectivity index (χ1) is 10.1. The van der Waals surface area contributed by atoms with Crippen LogP contribution in [0.4, 0.5) is 4.39 Å². The molecule has 0 unspecified atom stereocenters. The van der Waals surface area contributed by atoms with E-state index in [1.165, 1.54) is 18.9 Å². The Balaban J connectivity index is 1.55. The van der Waals surface area contributed by atoms with Gasteiger partial charge >= 0.3 is 0 Å². The van der Waals surface area contributed by atoms with Crippen LogP contribution >= 0.6 is 15.9 Å². The largest absolute Gasteiger partial charge is 0.338 e. The summed E-state index contributed by atoms with van der Waals surface area (Å²) in [4.78, 5) is 14.2. The van der Waals surface area contributed by atoms with E-state index in [-0.39, 0.29) is 11.5 Å². The SMILES string of the molecule is O=C(c1cc(Br)ccc1F)N1CCC(NCC2CC2)CC1. The lowest BCUT2D eigenvalue weighted by molar-refractivity contribution is 0.0700. The summed E-state index contributed by atoms with van der Waals surface area (Å²) < 4.78 is 14.5. The molecule has 0 atom stereocenters. The highest BCUT2D eigenvalue weighted by atomic mass is 79.9. The van der Waals surface area contributed by atoms with Crippen molar-refractivity contribution in [2.75, 3.05) is 19.6 Å². The van der Waals surface area contributed by atoms with E-state index < -0.39 is 5.82 Å². The van der Waals surface area contributed by atoms with Crippen LogP contribution in [0.15, 0.2) is 22.7 Å². The number of nitrogens with zero attached hydrogens (tertiary/aromatic N) is 1. The van der Waals surface area contributed by atoms with Gasteiger partial charge in [-0.3, -0.25) is 4.79 Å². The number of carbonyl (C=O) groups excluding carboxylic acids is 1. The van der Waals surface area contributed by atoms with Crippen molar-refractivity contribution in [3.8, 4) is 0 Å². The molecule has 0 spiro atoms. The average Bonchev–Trinajstić information content (AvgIpc) is 3.32. The van der Waals surface area contributed by atoms with Gasteiger partial charge in [-0.05, 0) is 56.3 Å². The number of likely N-dealkylation sites (tertiary alicyclic amines) is 1. The number of amides is 1. The Morgan fingerprint density at radius 1 is 1.29 bits per heavy atom. The standard InChI is InChI=1S/C16H20BrFN2O/c17-12-3-4-15(18)14(9-12)16(21)20-7-5-13(6-8-20)19-10-11-1-2-11/h3-4,9,11,13,19H,1-2,5-8,10H2. The van der Waals surface area contributed by atoms with Crippen LogP contribution in [-0.2, 0) is 0 Å². The fourth-order valence-corrected chi connectivity index (χ4v) is 3.13. The van der Waals surface area contributed by atoms with Crippen LogP contribution in [0, 0.1) is 11.7 Å². The molecule has 3 nitrogen and oxygen atoms in total. The van der Waals surface area contributed by atoms with E-state index in [1.807, 2.05) is 0 Å². The van der Waals surface area contributed by atoms with Crippen molar-refractivity contribution in [1.82, 2.24) is 10.2 Å². The number of hydrogen-bond donors (Lipinski definition) is 1. The Kier molecular flexibility index (Phi) is 4.60. The molecule has 1 aromatic carbocycles. The van der Waals surface area contributed by atoms with Crippen LogP contribution in [0.25, 0.3) is 0 Å². The average molecular weight is 355 g/mol. The third-order valence-electron chi connectivity index (χ3n) is 4.33. The van der Waals surface area contributed by atoms with Gasteiger partial charge in [-0.15, -0.1) is 0 Å². The van der Waals surface area contributed by atoms with Gasteiger partial charge in [-0.1, -0.05) is 15.9 Å². The van der Waals surface area contributed by atoms with Crippen LogP contribution < -0.4 is 5.32 Å². The Hall–Kier alpha value is -0.940. The van der Waals surface area contributed by atoms with Gasteiger partial charge in [0, 0.05) is 23.6 Å².